The average Bonchev–Trinajstić information content (AvgIpc) is 3.10. The van der Waals surface area contributed by atoms with Crippen molar-refractivity contribution in [3.8, 4) is 11.5 Å². The lowest BCUT2D eigenvalue weighted by molar-refractivity contribution is 0.122. The van der Waals surface area contributed by atoms with Crippen LogP contribution in [0.4, 0.5) is 23.1 Å². The van der Waals surface area contributed by atoms with Gasteiger partial charge in [-0.15, -0.1) is 0 Å². The smallest absolute Gasteiger partial charge is 0.262 e. The zero-order valence-corrected chi connectivity index (χ0v) is 20.2. The van der Waals surface area contributed by atoms with Gasteiger partial charge in [0.05, 0.1) is 31.3 Å². The van der Waals surface area contributed by atoms with Gasteiger partial charge < -0.3 is 24.4 Å². The molecule has 0 radical (unpaired) electrons. The number of hydrogen-bond acceptors (Lipinski definition) is 9. The van der Waals surface area contributed by atoms with Crippen LogP contribution in [-0.4, -0.2) is 57.9 Å². The summed E-state index contributed by atoms with van der Waals surface area (Å²) in [5.41, 5.74) is 2.06. The van der Waals surface area contributed by atoms with Gasteiger partial charge in [-0.1, -0.05) is 0 Å². The van der Waals surface area contributed by atoms with E-state index in [-0.39, 0.29) is 4.90 Å². The van der Waals surface area contributed by atoms with E-state index in [0.29, 0.717) is 55.4 Å². The molecule has 3 heterocycles. The summed E-state index contributed by atoms with van der Waals surface area (Å²) in [6, 6.07) is 13.5. The largest absolute Gasteiger partial charge is 0.490 e. The summed E-state index contributed by atoms with van der Waals surface area (Å²) in [4.78, 5) is 11.4. The minimum atomic E-state index is -3.80. The number of rotatable bonds is 6. The van der Waals surface area contributed by atoms with Gasteiger partial charge >= 0.3 is 0 Å². The van der Waals surface area contributed by atoms with Crippen LogP contribution >= 0.6 is 0 Å². The molecule has 1 saturated heterocycles. The molecule has 0 unspecified atom stereocenters. The van der Waals surface area contributed by atoms with Crippen molar-refractivity contribution in [2.24, 2.45) is 0 Å². The molecule has 0 saturated carbocycles. The Morgan fingerprint density at radius 3 is 2.34 bits per heavy atom. The average molecular weight is 498 g/mol. The third-order valence-electron chi connectivity index (χ3n) is 5.58. The van der Waals surface area contributed by atoms with Crippen molar-refractivity contribution in [3.63, 3.8) is 0 Å². The van der Waals surface area contributed by atoms with Gasteiger partial charge in [0, 0.05) is 48.7 Å². The Hall–Kier alpha value is -3.57. The number of nitrogens with zero attached hydrogens (tertiary/aromatic N) is 3. The van der Waals surface area contributed by atoms with E-state index in [2.05, 4.69) is 24.9 Å². The van der Waals surface area contributed by atoms with E-state index in [1.54, 1.807) is 30.3 Å². The molecule has 0 atom stereocenters. The normalized spacial score (nSPS) is 15.9. The van der Waals surface area contributed by atoms with E-state index in [0.717, 1.165) is 30.9 Å². The highest BCUT2D eigenvalue weighted by molar-refractivity contribution is 7.92. The molecule has 2 aromatic carbocycles. The summed E-state index contributed by atoms with van der Waals surface area (Å²) in [5.74, 6) is 2.31. The summed E-state index contributed by atoms with van der Waals surface area (Å²) in [6.45, 7) is 5.77. The molecule has 3 aromatic rings. The van der Waals surface area contributed by atoms with Crippen LogP contribution in [0.15, 0.2) is 53.4 Å². The van der Waals surface area contributed by atoms with Crippen LogP contribution in [0.5, 0.6) is 11.5 Å². The third-order valence-corrected chi connectivity index (χ3v) is 6.95. The zero-order chi connectivity index (χ0) is 24.3. The monoisotopic (exact) mass is 497 g/mol. The Morgan fingerprint density at radius 1 is 0.857 bits per heavy atom. The molecule has 2 N–H and O–H groups in total. The van der Waals surface area contributed by atoms with Crippen molar-refractivity contribution < 1.29 is 22.6 Å². The second kappa shape index (κ2) is 9.96. The lowest BCUT2D eigenvalue weighted by Gasteiger charge is -2.27. The number of fused-ring (bicyclic) bond motifs is 1. The summed E-state index contributed by atoms with van der Waals surface area (Å²) in [6.07, 6.45) is 0.749. The van der Waals surface area contributed by atoms with Crippen LogP contribution in [0.1, 0.15) is 12.1 Å². The van der Waals surface area contributed by atoms with Gasteiger partial charge in [0.1, 0.15) is 5.82 Å². The Balaban J connectivity index is 1.28. The molecule has 0 amide bonds. The Bertz CT molecular complexity index is 1290. The zero-order valence-electron chi connectivity index (χ0n) is 19.4. The fraction of sp³-hybridized carbons (Fsp3) is 0.333. The number of sulfonamides is 1. The molecule has 1 aromatic heterocycles. The molecule has 0 aliphatic carbocycles. The first kappa shape index (κ1) is 23.2. The lowest BCUT2D eigenvalue weighted by Crippen LogP contribution is -2.37. The third kappa shape index (κ3) is 5.57. The van der Waals surface area contributed by atoms with Crippen LogP contribution < -0.4 is 24.4 Å². The summed E-state index contributed by atoms with van der Waals surface area (Å²) in [5, 5.41) is 3.27. The van der Waals surface area contributed by atoms with Crippen LogP contribution in [0.2, 0.25) is 0 Å². The molecule has 2 aliphatic heterocycles. The predicted molar refractivity (Wildman–Crippen MR) is 132 cm³/mol. The molecule has 1 fully saturated rings. The van der Waals surface area contributed by atoms with E-state index in [4.69, 9.17) is 14.2 Å². The number of benzene rings is 2. The number of morpholine rings is 1. The number of nitrogens with one attached hydrogen (secondary N) is 2. The van der Waals surface area contributed by atoms with Crippen molar-refractivity contribution in [1.82, 2.24) is 9.97 Å². The first-order chi connectivity index (χ1) is 17.0. The topological polar surface area (TPSA) is 115 Å². The van der Waals surface area contributed by atoms with E-state index in [1.807, 2.05) is 13.0 Å². The maximum Gasteiger partial charge on any atom is 0.262 e. The molecular formula is C24H27N5O5S. The van der Waals surface area contributed by atoms with Crippen LogP contribution in [-0.2, 0) is 14.8 Å². The fourth-order valence-corrected chi connectivity index (χ4v) is 4.89. The Morgan fingerprint density at radius 2 is 1.57 bits per heavy atom. The van der Waals surface area contributed by atoms with Gasteiger partial charge in [0.25, 0.3) is 10.0 Å². The Labute approximate surface area is 204 Å². The first-order valence-electron chi connectivity index (χ1n) is 11.4. The van der Waals surface area contributed by atoms with Crippen molar-refractivity contribution in [1.29, 1.82) is 0 Å². The van der Waals surface area contributed by atoms with E-state index < -0.39 is 10.0 Å². The highest BCUT2D eigenvalue weighted by Gasteiger charge is 2.19. The van der Waals surface area contributed by atoms with Crippen LogP contribution in [0, 0.1) is 6.92 Å². The number of aromatic nitrogens is 2. The van der Waals surface area contributed by atoms with Crippen LogP contribution in [0.3, 0.4) is 0 Å². The van der Waals surface area contributed by atoms with Crippen molar-refractivity contribution in [3.05, 3.63) is 54.2 Å². The highest BCUT2D eigenvalue weighted by atomic mass is 32.2. The minimum absolute atomic E-state index is 0.107. The minimum Gasteiger partial charge on any atom is -0.490 e. The molecular weight excluding hydrogens is 470 g/mol. The van der Waals surface area contributed by atoms with E-state index in [9.17, 15) is 8.42 Å². The van der Waals surface area contributed by atoms with Crippen molar-refractivity contribution in [2.75, 3.05) is 54.5 Å². The maximum atomic E-state index is 12.9. The van der Waals surface area contributed by atoms with Crippen molar-refractivity contribution >= 4 is 33.2 Å². The van der Waals surface area contributed by atoms with Crippen LogP contribution in [0.25, 0.3) is 0 Å². The Kier molecular flexibility index (Phi) is 6.60. The molecule has 0 spiro atoms. The number of ether oxygens (including phenoxy) is 3. The summed E-state index contributed by atoms with van der Waals surface area (Å²) >= 11 is 0. The molecule has 11 heteroatoms. The lowest BCUT2D eigenvalue weighted by atomic mass is 10.3. The maximum absolute atomic E-state index is 12.9. The standard InChI is InChI=1S/C24H27N5O5S/c1-17-15-23(27-24(25-17)29-9-13-32-14-10-29)26-18-3-5-19(6-4-18)28-35(30,31)20-7-8-21-22(16-20)34-12-2-11-33-21/h3-8,15-16,28H,2,9-14H2,1H3,(H,25,26,27). The second-order valence-electron chi connectivity index (χ2n) is 8.26. The molecule has 2 aliphatic rings. The SMILES string of the molecule is Cc1cc(Nc2ccc(NS(=O)(=O)c3ccc4c(c3)OCCCO4)cc2)nc(N2CCOCC2)n1. The van der Waals surface area contributed by atoms with E-state index >= 15 is 0 Å². The first-order valence-corrected chi connectivity index (χ1v) is 12.9. The second-order valence-corrected chi connectivity index (χ2v) is 9.94. The van der Waals surface area contributed by atoms with Crippen molar-refractivity contribution in [2.45, 2.75) is 18.2 Å². The fourth-order valence-electron chi connectivity index (χ4n) is 3.82. The number of aryl methyl sites for hydroxylation is 1. The van der Waals surface area contributed by atoms with Gasteiger partial charge in [-0.05, 0) is 43.3 Å². The molecule has 10 nitrogen and oxygen atoms in total. The van der Waals surface area contributed by atoms with Gasteiger partial charge in [-0.3, -0.25) is 4.72 Å². The predicted octanol–water partition coefficient (Wildman–Crippen LogP) is 3.33. The number of hydrogen-bond donors (Lipinski definition) is 2. The molecule has 0 bridgehead atoms. The molecule has 184 valence electrons. The van der Waals surface area contributed by atoms with Gasteiger partial charge in [-0.25, -0.2) is 13.4 Å². The molecule has 35 heavy (non-hydrogen) atoms. The number of anilines is 4. The quantitative estimate of drug-likeness (QED) is 0.529. The van der Waals surface area contributed by atoms with Gasteiger partial charge in [0.15, 0.2) is 11.5 Å². The molecule has 5 rings (SSSR count). The van der Waals surface area contributed by atoms with Gasteiger partial charge in [-0.2, -0.15) is 4.98 Å². The summed E-state index contributed by atoms with van der Waals surface area (Å²) in [7, 11) is -3.80. The highest BCUT2D eigenvalue weighted by Crippen LogP contribution is 2.32. The van der Waals surface area contributed by atoms with Gasteiger partial charge in [0.2, 0.25) is 5.95 Å². The summed E-state index contributed by atoms with van der Waals surface area (Å²) < 4.78 is 45.1. The van der Waals surface area contributed by atoms with E-state index in [1.165, 1.54) is 12.1 Å².